The van der Waals surface area contributed by atoms with E-state index in [4.69, 9.17) is 16.3 Å². The molecule has 0 aliphatic rings. The zero-order valence-electron chi connectivity index (χ0n) is 11.5. The topological polar surface area (TPSA) is 64.0 Å². The van der Waals surface area contributed by atoms with Crippen molar-refractivity contribution in [1.82, 2.24) is 19.9 Å². The molecule has 0 bridgehead atoms. The predicted octanol–water partition coefficient (Wildman–Crippen LogP) is 2.00. The lowest BCUT2D eigenvalue weighted by atomic mass is 10.1. The molecule has 0 aromatic carbocycles. The number of aryl methyl sites for hydroxylation is 1. The van der Waals surface area contributed by atoms with Crippen LogP contribution in [-0.4, -0.2) is 40.6 Å². The van der Waals surface area contributed by atoms with Crippen molar-refractivity contribution in [2.45, 2.75) is 12.8 Å². The van der Waals surface area contributed by atoms with Crippen molar-refractivity contribution in [3.63, 3.8) is 0 Å². The molecule has 2 heterocycles. The maximum atomic E-state index is 5.83. The van der Waals surface area contributed by atoms with Gasteiger partial charge in [0, 0.05) is 26.0 Å². The van der Waals surface area contributed by atoms with Gasteiger partial charge in [-0.15, -0.1) is 0 Å². The van der Waals surface area contributed by atoms with Gasteiger partial charge in [-0.1, -0.05) is 0 Å². The molecule has 0 saturated carbocycles. The lowest BCUT2D eigenvalue weighted by Crippen LogP contribution is -2.22. The molecule has 0 radical (unpaired) electrons. The lowest BCUT2D eigenvalue weighted by Gasteiger charge is -2.17. The van der Waals surface area contributed by atoms with Crippen molar-refractivity contribution >= 4 is 17.5 Å². The minimum absolute atomic E-state index is 0.132. The van der Waals surface area contributed by atoms with Crippen molar-refractivity contribution in [2.75, 3.05) is 25.6 Å². The average Bonchev–Trinajstić information content (AvgIpc) is 2.47. The molecule has 2 aromatic heterocycles. The van der Waals surface area contributed by atoms with E-state index in [-0.39, 0.29) is 11.3 Å². The molecule has 0 aliphatic carbocycles. The summed E-state index contributed by atoms with van der Waals surface area (Å²) in [6.07, 6.45) is 5.56. The summed E-state index contributed by atoms with van der Waals surface area (Å²) in [5, 5.41) is 0.132. The van der Waals surface area contributed by atoms with Gasteiger partial charge in [0.1, 0.15) is 0 Å². The van der Waals surface area contributed by atoms with Gasteiger partial charge in [0.15, 0.2) is 0 Å². The molecule has 0 spiro atoms. The van der Waals surface area contributed by atoms with Crippen LogP contribution in [0.25, 0.3) is 0 Å². The molecule has 0 fully saturated rings. The highest BCUT2D eigenvalue weighted by molar-refractivity contribution is 6.28. The summed E-state index contributed by atoms with van der Waals surface area (Å²) in [5.41, 5.74) is 1.26. The Bertz CT molecular complexity index is 552. The lowest BCUT2D eigenvalue weighted by molar-refractivity contribution is 0.378. The molecule has 0 amide bonds. The zero-order valence-corrected chi connectivity index (χ0v) is 12.2. The van der Waals surface area contributed by atoms with E-state index in [9.17, 15) is 0 Å². The van der Waals surface area contributed by atoms with Crippen LogP contribution in [0.5, 0.6) is 6.01 Å². The Kier molecular flexibility index (Phi) is 5.06. The number of halogens is 1. The molecule has 106 valence electrons. The van der Waals surface area contributed by atoms with Crippen LogP contribution < -0.4 is 9.64 Å². The minimum atomic E-state index is 0.132. The maximum absolute atomic E-state index is 5.83. The average molecular weight is 294 g/mol. The van der Waals surface area contributed by atoms with E-state index in [0.717, 1.165) is 19.4 Å². The van der Waals surface area contributed by atoms with Gasteiger partial charge >= 0.3 is 6.01 Å². The van der Waals surface area contributed by atoms with Crippen LogP contribution in [0.15, 0.2) is 24.5 Å². The minimum Gasteiger partial charge on any atom is -0.467 e. The monoisotopic (exact) mass is 293 g/mol. The van der Waals surface area contributed by atoms with Crippen molar-refractivity contribution in [3.05, 3.63) is 35.4 Å². The van der Waals surface area contributed by atoms with E-state index in [0.29, 0.717) is 5.95 Å². The Morgan fingerprint density at radius 3 is 2.65 bits per heavy atom. The number of nitrogens with zero attached hydrogens (tertiary/aromatic N) is 5. The fourth-order valence-electron chi connectivity index (χ4n) is 1.75. The van der Waals surface area contributed by atoms with Crippen LogP contribution >= 0.6 is 11.6 Å². The fourth-order valence-corrected chi connectivity index (χ4v) is 1.90. The summed E-state index contributed by atoms with van der Waals surface area (Å²) >= 11 is 5.83. The predicted molar refractivity (Wildman–Crippen MR) is 77.2 cm³/mol. The number of methoxy groups -OCH3 is 1. The van der Waals surface area contributed by atoms with Gasteiger partial charge in [-0.05, 0) is 42.1 Å². The molecular weight excluding hydrogens is 278 g/mol. The largest absolute Gasteiger partial charge is 0.467 e. The summed E-state index contributed by atoms with van der Waals surface area (Å²) < 4.78 is 4.98. The second kappa shape index (κ2) is 7.00. The number of aromatic nitrogens is 4. The molecule has 0 unspecified atom stereocenters. The Morgan fingerprint density at radius 1 is 1.20 bits per heavy atom. The number of rotatable bonds is 6. The van der Waals surface area contributed by atoms with Gasteiger partial charge < -0.3 is 9.64 Å². The van der Waals surface area contributed by atoms with E-state index in [1.165, 1.54) is 12.7 Å². The highest BCUT2D eigenvalue weighted by Gasteiger charge is 2.09. The van der Waals surface area contributed by atoms with Crippen molar-refractivity contribution in [1.29, 1.82) is 0 Å². The zero-order chi connectivity index (χ0) is 14.4. The van der Waals surface area contributed by atoms with Crippen LogP contribution in [0.1, 0.15) is 12.0 Å². The second-order valence-corrected chi connectivity index (χ2v) is 4.61. The number of anilines is 1. The molecular formula is C13H16ClN5O. The Labute approximate surface area is 122 Å². The first-order valence-corrected chi connectivity index (χ1v) is 6.62. The molecule has 0 atom stereocenters. The van der Waals surface area contributed by atoms with Crippen LogP contribution in [0, 0.1) is 0 Å². The van der Waals surface area contributed by atoms with E-state index >= 15 is 0 Å². The van der Waals surface area contributed by atoms with E-state index in [1.807, 2.05) is 24.1 Å². The quantitative estimate of drug-likeness (QED) is 0.812. The fraction of sp³-hybridized carbons (Fsp3) is 0.385. The first-order chi connectivity index (χ1) is 9.69. The number of hydrogen-bond acceptors (Lipinski definition) is 6. The highest BCUT2D eigenvalue weighted by atomic mass is 35.5. The summed E-state index contributed by atoms with van der Waals surface area (Å²) in [6, 6.07) is 4.26. The van der Waals surface area contributed by atoms with E-state index in [1.54, 1.807) is 12.4 Å². The van der Waals surface area contributed by atoms with Gasteiger partial charge in [-0.2, -0.15) is 15.0 Å². The summed E-state index contributed by atoms with van der Waals surface area (Å²) in [5.74, 6) is 0.511. The first-order valence-electron chi connectivity index (χ1n) is 6.24. The molecule has 0 aliphatic heterocycles. The molecule has 7 heteroatoms. The molecule has 2 rings (SSSR count). The first kappa shape index (κ1) is 14.5. The van der Waals surface area contributed by atoms with Crippen LogP contribution in [0.3, 0.4) is 0 Å². The number of pyridine rings is 1. The van der Waals surface area contributed by atoms with E-state index in [2.05, 4.69) is 19.9 Å². The molecule has 0 N–H and O–H groups in total. The van der Waals surface area contributed by atoms with Gasteiger partial charge in [0.05, 0.1) is 7.11 Å². The summed E-state index contributed by atoms with van der Waals surface area (Å²) in [6.45, 7) is 0.811. The Hall–Kier alpha value is -1.95. The highest BCUT2D eigenvalue weighted by Crippen LogP contribution is 2.14. The maximum Gasteiger partial charge on any atom is 0.322 e. The Balaban J connectivity index is 1.91. The number of ether oxygens (including phenoxy) is 1. The van der Waals surface area contributed by atoms with Crippen LogP contribution in [-0.2, 0) is 6.42 Å². The summed E-state index contributed by atoms with van der Waals surface area (Å²) in [4.78, 5) is 18.0. The molecule has 20 heavy (non-hydrogen) atoms. The molecule has 0 saturated heterocycles. The third-order valence-electron chi connectivity index (χ3n) is 2.81. The van der Waals surface area contributed by atoms with Gasteiger partial charge in [-0.25, -0.2) is 0 Å². The van der Waals surface area contributed by atoms with Crippen LogP contribution in [0.4, 0.5) is 5.95 Å². The molecule has 2 aromatic rings. The number of hydrogen-bond donors (Lipinski definition) is 0. The SMILES string of the molecule is COc1nc(Cl)nc(N(C)CCCc2ccncc2)n1. The normalized spacial score (nSPS) is 10.3. The third kappa shape index (κ3) is 4.03. The van der Waals surface area contributed by atoms with Crippen molar-refractivity contribution in [3.8, 4) is 6.01 Å². The molecule has 6 nitrogen and oxygen atoms in total. The third-order valence-corrected chi connectivity index (χ3v) is 2.98. The van der Waals surface area contributed by atoms with Crippen LogP contribution in [0.2, 0.25) is 5.28 Å². The van der Waals surface area contributed by atoms with Gasteiger partial charge in [0.25, 0.3) is 0 Å². The second-order valence-electron chi connectivity index (χ2n) is 4.27. The van der Waals surface area contributed by atoms with Crippen molar-refractivity contribution < 1.29 is 4.74 Å². The van der Waals surface area contributed by atoms with Gasteiger partial charge in [0.2, 0.25) is 11.2 Å². The van der Waals surface area contributed by atoms with Crippen molar-refractivity contribution in [2.24, 2.45) is 0 Å². The van der Waals surface area contributed by atoms with E-state index < -0.39 is 0 Å². The Morgan fingerprint density at radius 2 is 1.95 bits per heavy atom. The summed E-state index contributed by atoms with van der Waals surface area (Å²) in [7, 11) is 3.41. The van der Waals surface area contributed by atoms with Gasteiger partial charge in [-0.3, -0.25) is 4.98 Å². The smallest absolute Gasteiger partial charge is 0.322 e. The standard InChI is InChI=1S/C13H16ClN5O/c1-19(9-3-4-10-5-7-15-8-6-10)12-16-11(14)17-13(18-12)20-2/h5-8H,3-4,9H2,1-2H3.